The zero-order chi connectivity index (χ0) is 13.8. The van der Waals surface area contributed by atoms with Crippen LogP contribution in [0.2, 0.25) is 0 Å². The first-order valence-corrected chi connectivity index (χ1v) is 8.50. The van der Waals surface area contributed by atoms with Gasteiger partial charge in [0.25, 0.3) is 0 Å². The minimum absolute atomic E-state index is 0.238. The van der Waals surface area contributed by atoms with Crippen molar-refractivity contribution in [1.82, 2.24) is 10.2 Å². The van der Waals surface area contributed by atoms with E-state index >= 15 is 0 Å². The predicted octanol–water partition coefficient (Wildman–Crippen LogP) is 2.53. The molecular weight excluding hydrogens is 246 g/mol. The summed E-state index contributed by atoms with van der Waals surface area (Å²) in [5, 5.41) is 13.8. The zero-order valence-corrected chi connectivity index (χ0v) is 12.7. The quantitative estimate of drug-likeness (QED) is 0.840. The van der Waals surface area contributed by atoms with Gasteiger partial charge in [0.1, 0.15) is 5.54 Å². The Bertz CT molecular complexity index is 393. The first kappa shape index (κ1) is 13.1. The molecule has 5 aliphatic rings. The Morgan fingerprint density at radius 1 is 1.00 bits per heavy atom. The number of nitrogens with one attached hydrogen (secondary N) is 1. The molecule has 3 nitrogen and oxygen atoms in total. The number of likely N-dealkylation sites (tertiary alicyclic amines) is 1. The standard InChI is InChI=1S/C17H27N3/c1-20-4-2-16(12-18,3-5-20)19-17-9-13-6-14(10-17)8-15(7-13)11-17/h13-15,19H,2-11H2,1H3. The van der Waals surface area contributed by atoms with E-state index in [1.165, 1.54) is 38.5 Å². The van der Waals surface area contributed by atoms with E-state index in [1.54, 1.807) is 0 Å². The van der Waals surface area contributed by atoms with E-state index in [0.717, 1.165) is 43.7 Å². The van der Waals surface area contributed by atoms with E-state index < -0.39 is 0 Å². The van der Waals surface area contributed by atoms with Gasteiger partial charge in [-0.1, -0.05) is 0 Å². The smallest absolute Gasteiger partial charge is 0.109 e. The molecule has 1 heterocycles. The second kappa shape index (κ2) is 4.45. The van der Waals surface area contributed by atoms with Gasteiger partial charge in [-0.25, -0.2) is 0 Å². The molecule has 0 amide bonds. The van der Waals surface area contributed by atoms with Crippen molar-refractivity contribution in [1.29, 1.82) is 5.26 Å². The Balaban J connectivity index is 1.54. The lowest BCUT2D eigenvalue weighted by Crippen LogP contribution is -2.66. The molecular formula is C17H27N3. The third kappa shape index (κ3) is 2.09. The molecule has 0 aromatic rings. The van der Waals surface area contributed by atoms with Gasteiger partial charge in [0.2, 0.25) is 0 Å². The Morgan fingerprint density at radius 3 is 1.95 bits per heavy atom. The third-order valence-electron chi connectivity index (χ3n) is 6.60. The van der Waals surface area contributed by atoms with Crippen molar-refractivity contribution >= 4 is 0 Å². The maximum Gasteiger partial charge on any atom is 0.109 e. The van der Waals surface area contributed by atoms with E-state index in [4.69, 9.17) is 0 Å². The first-order valence-electron chi connectivity index (χ1n) is 8.50. The highest BCUT2D eigenvalue weighted by atomic mass is 15.2. The maximum atomic E-state index is 9.80. The highest BCUT2D eigenvalue weighted by Crippen LogP contribution is 2.56. The van der Waals surface area contributed by atoms with Crippen LogP contribution in [0.15, 0.2) is 0 Å². The molecule has 0 aromatic carbocycles. The highest BCUT2D eigenvalue weighted by molar-refractivity contribution is 5.16. The number of rotatable bonds is 2. The second-order valence-corrected chi connectivity index (χ2v) is 8.32. The molecule has 0 atom stereocenters. The fourth-order valence-electron chi connectivity index (χ4n) is 6.04. The molecule has 4 saturated carbocycles. The minimum Gasteiger partial charge on any atom is -0.306 e. The summed E-state index contributed by atoms with van der Waals surface area (Å²) >= 11 is 0. The molecule has 4 aliphatic carbocycles. The van der Waals surface area contributed by atoms with E-state index in [1.807, 2.05) is 0 Å². The summed E-state index contributed by atoms with van der Waals surface area (Å²) in [7, 11) is 2.17. The van der Waals surface area contributed by atoms with Gasteiger partial charge in [0, 0.05) is 18.6 Å². The first-order chi connectivity index (χ1) is 9.60. The molecule has 110 valence electrons. The fourth-order valence-corrected chi connectivity index (χ4v) is 6.04. The summed E-state index contributed by atoms with van der Waals surface area (Å²) in [5.74, 6) is 2.86. The zero-order valence-electron chi connectivity index (χ0n) is 12.7. The topological polar surface area (TPSA) is 39.1 Å². The van der Waals surface area contributed by atoms with Crippen LogP contribution in [-0.2, 0) is 0 Å². The molecule has 1 N–H and O–H groups in total. The van der Waals surface area contributed by atoms with Gasteiger partial charge in [-0.2, -0.15) is 5.26 Å². The molecule has 0 spiro atoms. The molecule has 4 bridgehead atoms. The highest BCUT2D eigenvalue weighted by Gasteiger charge is 2.53. The van der Waals surface area contributed by atoms with Gasteiger partial charge in [-0.15, -0.1) is 0 Å². The summed E-state index contributed by atoms with van der Waals surface area (Å²) in [6.07, 6.45) is 10.5. The van der Waals surface area contributed by atoms with Gasteiger partial charge in [-0.05, 0) is 76.2 Å². The fraction of sp³-hybridized carbons (Fsp3) is 0.941. The normalized spacial score (nSPS) is 46.3. The molecule has 5 rings (SSSR count). The Hall–Kier alpha value is -0.590. The van der Waals surface area contributed by atoms with Crippen molar-refractivity contribution in [2.45, 2.75) is 62.4 Å². The van der Waals surface area contributed by atoms with Gasteiger partial charge in [0.15, 0.2) is 0 Å². The molecule has 0 aromatic heterocycles. The maximum absolute atomic E-state index is 9.80. The average Bonchev–Trinajstić information content (AvgIpc) is 2.40. The number of hydrogen-bond acceptors (Lipinski definition) is 3. The largest absolute Gasteiger partial charge is 0.306 e. The predicted molar refractivity (Wildman–Crippen MR) is 79.1 cm³/mol. The van der Waals surface area contributed by atoms with Crippen LogP contribution in [0, 0.1) is 29.1 Å². The molecule has 0 radical (unpaired) electrons. The van der Waals surface area contributed by atoms with E-state index in [9.17, 15) is 5.26 Å². The van der Waals surface area contributed by atoms with Crippen LogP contribution >= 0.6 is 0 Å². The second-order valence-electron chi connectivity index (χ2n) is 8.32. The molecule has 5 fully saturated rings. The number of nitrogens with zero attached hydrogens (tertiary/aromatic N) is 2. The number of nitriles is 1. The number of piperidine rings is 1. The third-order valence-corrected chi connectivity index (χ3v) is 6.60. The summed E-state index contributed by atoms with van der Waals surface area (Å²) in [5.41, 5.74) is 0.0819. The van der Waals surface area contributed by atoms with Crippen molar-refractivity contribution < 1.29 is 0 Å². The van der Waals surface area contributed by atoms with Crippen molar-refractivity contribution in [2.75, 3.05) is 20.1 Å². The number of hydrogen-bond donors (Lipinski definition) is 1. The molecule has 1 saturated heterocycles. The summed E-state index contributed by atoms with van der Waals surface area (Å²) in [4.78, 5) is 2.36. The lowest BCUT2D eigenvalue weighted by molar-refractivity contribution is -0.0357. The summed E-state index contributed by atoms with van der Waals surface area (Å²) in [6.45, 7) is 2.12. The van der Waals surface area contributed by atoms with Crippen LogP contribution in [0.25, 0.3) is 0 Å². The molecule has 3 heteroatoms. The summed E-state index contributed by atoms with van der Waals surface area (Å²) < 4.78 is 0. The summed E-state index contributed by atoms with van der Waals surface area (Å²) in [6, 6.07) is 2.68. The molecule has 0 unspecified atom stereocenters. The van der Waals surface area contributed by atoms with Crippen molar-refractivity contribution in [3.8, 4) is 6.07 Å². The molecule has 1 aliphatic heterocycles. The van der Waals surface area contributed by atoms with Gasteiger partial charge in [0.05, 0.1) is 6.07 Å². The van der Waals surface area contributed by atoms with Gasteiger partial charge >= 0.3 is 0 Å². The molecule has 20 heavy (non-hydrogen) atoms. The minimum atomic E-state index is -0.238. The lowest BCUT2D eigenvalue weighted by Gasteiger charge is -2.59. The van der Waals surface area contributed by atoms with Crippen molar-refractivity contribution in [3.63, 3.8) is 0 Å². The Kier molecular flexibility index (Phi) is 2.91. The van der Waals surface area contributed by atoms with Crippen LogP contribution in [0.3, 0.4) is 0 Å². The van der Waals surface area contributed by atoms with Crippen LogP contribution in [0.1, 0.15) is 51.4 Å². The lowest BCUT2D eigenvalue weighted by atomic mass is 9.52. The van der Waals surface area contributed by atoms with Crippen LogP contribution < -0.4 is 5.32 Å². The van der Waals surface area contributed by atoms with Gasteiger partial charge < -0.3 is 4.90 Å². The Morgan fingerprint density at radius 2 is 1.50 bits per heavy atom. The van der Waals surface area contributed by atoms with E-state index in [2.05, 4.69) is 23.3 Å². The van der Waals surface area contributed by atoms with Crippen molar-refractivity contribution in [3.05, 3.63) is 0 Å². The van der Waals surface area contributed by atoms with E-state index in [0.29, 0.717) is 5.54 Å². The van der Waals surface area contributed by atoms with Crippen molar-refractivity contribution in [2.24, 2.45) is 17.8 Å². The van der Waals surface area contributed by atoms with Crippen LogP contribution in [-0.4, -0.2) is 36.1 Å². The average molecular weight is 273 g/mol. The Labute approximate surface area is 122 Å². The van der Waals surface area contributed by atoms with Gasteiger partial charge in [-0.3, -0.25) is 5.32 Å². The van der Waals surface area contributed by atoms with Crippen LogP contribution in [0.4, 0.5) is 0 Å². The monoisotopic (exact) mass is 273 g/mol. The van der Waals surface area contributed by atoms with Crippen LogP contribution in [0.5, 0.6) is 0 Å². The SMILES string of the molecule is CN1CCC(C#N)(NC23CC4CC(CC(C4)C2)C3)CC1. The van der Waals surface area contributed by atoms with E-state index in [-0.39, 0.29) is 5.54 Å².